The Kier molecular flexibility index (Phi) is 5.35. The van der Waals surface area contributed by atoms with Crippen LogP contribution in [0.15, 0.2) is 93.6 Å². The van der Waals surface area contributed by atoms with Crippen molar-refractivity contribution < 1.29 is 21.6 Å². The standard InChI is InChI=1S/C29H22O5S3/c1-17-23(16-24(35-17)19-12-14-20(34-3)15-13-19)29-28(22-9-5-7-11-26(22)37(29,32)33)27-18(2)36(30,31)25-10-6-4-8-21(25)27/h4-16H,1-3H3. The van der Waals surface area contributed by atoms with Crippen LogP contribution in [-0.4, -0.2) is 23.9 Å². The lowest BCUT2D eigenvalue weighted by atomic mass is 9.90. The van der Waals surface area contributed by atoms with Crippen LogP contribution >= 0.6 is 11.3 Å². The van der Waals surface area contributed by atoms with Gasteiger partial charge in [-0.3, -0.25) is 0 Å². The summed E-state index contributed by atoms with van der Waals surface area (Å²) in [5, 5.41) is 0. The van der Waals surface area contributed by atoms with E-state index in [1.54, 1.807) is 62.6 Å². The number of methoxy groups -OCH3 is 1. The third kappa shape index (κ3) is 3.40. The van der Waals surface area contributed by atoms with Crippen molar-refractivity contribution in [1.29, 1.82) is 0 Å². The van der Waals surface area contributed by atoms with E-state index in [2.05, 4.69) is 0 Å². The molecule has 8 heteroatoms. The molecule has 0 spiro atoms. The second-order valence-corrected chi connectivity index (χ2v) is 14.1. The molecule has 0 bridgehead atoms. The van der Waals surface area contributed by atoms with E-state index in [-0.39, 0.29) is 19.6 Å². The Morgan fingerprint density at radius 2 is 1.24 bits per heavy atom. The first-order valence-electron chi connectivity index (χ1n) is 11.6. The molecule has 186 valence electrons. The van der Waals surface area contributed by atoms with Gasteiger partial charge in [-0.05, 0) is 61.9 Å². The highest BCUT2D eigenvalue weighted by Gasteiger charge is 2.43. The summed E-state index contributed by atoms with van der Waals surface area (Å²) in [6.45, 7) is 3.46. The summed E-state index contributed by atoms with van der Waals surface area (Å²) in [7, 11) is -6.04. The minimum Gasteiger partial charge on any atom is -0.497 e. The molecule has 2 aliphatic rings. The van der Waals surface area contributed by atoms with Gasteiger partial charge in [0.05, 0.1) is 26.7 Å². The number of hydrogen-bond donors (Lipinski definition) is 0. The summed E-state index contributed by atoms with van der Waals surface area (Å²) >= 11 is 1.50. The monoisotopic (exact) mass is 546 g/mol. The number of sulfone groups is 2. The van der Waals surface area contributed by atoms with E-state index in [9.17, 15) is 16.8 Å². The molecule has 0 radical (unpaired) electrons. The van der Waals surface area contributed by atoms with Crippen LogP contribution in [0.3, 0.4) is 0 Å². The van der Waals surface area contributed by atoms with Crippen molar-refractivity contribution in [2.75, 3.05) is 7.11 Å². The Morgan fingerprint density at radius 3 is 1.86 bits per heavy atom. The van der Waals surface area contributed by atoms with Gasteiger partial charge in [0.2, 0.25) is 19.7 Å². The van der Waals surface area contributed by atoms with E-state index >= 15 is 0 Å². The van der Waals surface area contributed by atoms with Gasteiger partial charge in [-0.15, -0.1) is 11.3 Å². The maximum atomic E-state index is 14.1. The first-order chi connectivity index (χ1) is 17.7. The van der Waals surface area contributed by atoms with Gasteiger partial charge >= 0.3 is 0 Å². The smallest absolute Gasteiger partial charge is 0.208 e. The normalized spacial score (nSPS) is 17.2. The van der Waals surface area contributed by atoms with Gasteiger partial charge in [-0.2, -0.15) is 0 Å². The second kappa shape index (κ2) is 8.28. The predicted molar refractivity (Wildman–Crippen MR) is 148 cm³/mol. The third-order valence-electron chi connectivity index (χ3n) is 6.93. The van der Waals surface area contributed by atoms with Crippen molar-refractivity contribution in [3.05, 3.63) is 105 Å². The Labute approximate surface area is 220 Å². The lowest BCUT2D eigenvalue weighted by Gasteiger charge is -2.11. The molecule has 5 nitrogen and oxygen atoms in total. The van der Waals surface area contributed by atoms with Crippen molar-refractivity contribution in [3.63, 3.8) is 0 Å². The summed E-state index contributed by atoms with van der Waals surface area (Å²) < 4.78 is 60.1. The van der Waals surface area contributed by atoms with Gasteiger partial charge in [0.25, 0.3) is 0 Å². The fourth-order valence-corrected chi connectivity index (χ4v) is 9.66. The minimum atomic E-state index is -3.91. The van der Waals surface area contributed by atoms with Crippen molar-refractivity contribution >= 4 is 47.1 Å². The lowest BCUT2D eigenvalue weighted by molar-refractivity contribution is 0.415. The van der Waals surface area contributed by atoms with Crippen LogP contribution in [-0.2, 0) is 19.7 Å². The zero-order valence-corrected chi connectivity index (χ0v) is 22.7. The van der Waals surface area contributed by atoms with Crippen LogP contribution in [0.5, 0.6) is 5.75 Å². The molecule has 0 N–H and O–H groups in total. The lowest BCUT2D eigenvalue weighted by Crippen LogP contribution is -2.00. The molecule has 3 heterocycles. The molecule has 0 saturated heterocycles. The minimum absolute atomic E-state index is 0.156. The zero-order valence-electron chi connectivity index (χ0n) is 20.3. The van der Waals surface area contributed by atoms with Crippen molar-refractivity contribution in [2.24, 2.45) is 0 Å². The van der Waals surface area contributed by atoms with Crippen LogP contribution in [0.2, 0.25) is 0 Å². The van der Waals surface area contributed by atoms with Gasteiger partial charge in [0.15, 0.2) is 0 Å². The van der Waals surface area contributed by atoms with Crippen LogP contribution in [0.4, 0.5) is 0 Å². The maximum absolute atomic E-state index is 14.1. The van der Waals surface area contributed by atoms with E-state index in [0.29, 0.717) is 27.8 Å². The first kappa shape index (κ1) is 23.9. The molecular weight excluding hydrogens is 525 g/mol. The molecule has 1 aromatic heterocycles. The molecule has 2 aliphatic heterocycles. The highest BCUT2D eigenvalue weighted by Crippen LogP contribution is 2.55. The van der Waals surface area contributed by atoms with Crippen LogP contribution < -0.4 is 4.74 Å². The SMILES string of the molecule is COc1ccc(-c2cc(C3=C(C4=C(C)S(=O)(=O)c5ccccc54)c4ccccc4S3(=O)=O)c(C)s2)cc1. The summed E-state index contributed by atoms with van der Waals surface area (Å²) in [4.78, 5) is 2.47. The summed E-state index contributed by atoms with van der Waals surface area (Å²) in [6.07, 6.45) is 0. The summed E-state index contributed by atoms with van der Waals surface area (Å²) in [6, 6.07) is 23.1. The Hall–Kier alpha value is -3.46. The quantitative estimate of drug-likeness (QED) is 0.288. The number of fused-ring (bicyclic) bond motifs is 2. The third-order valence-corrected chi connectivity index (χ3v) is 11.9. The Balaban J connectivity index is 1.68. The summed E-state index contributed by atoms with van der Waals surface area (Å²) in [5.41, 5.74) is 3.49. The molecule has 0 atom stereocenters. The second-order valence-electron chi connectivity index (χ2n) is 8.94. The van der Waals surface area contributed by atoms with E-state index in [1.165, 1.54) is 11.3 Å². The topological polar surface area (TPSA) is 77.5 Å². The van der Waals surface area contributed by atoms with Crippen LogP contribution in [0, 0.1) is 6.92 Å². The molecule has 0 amide bonds. The van der Waals surface area contributed by atoms with Gasteiger partial charge < -0.3 is 4.74 Å². The fourth-order valence-electron chi connectivity index (χ4n) is 5.11. The van der Waals surface area contributed by atoms with Crippen LogP contribution in [0.1, 0.15) is 28.5 Å². The predicted octanol–water partition coefficient (Wildman–Crippen LogP) is 6.61. The first-order valence-corrected chi connectivity index (χ1v) is 15.3. The van der Waals surface area contributed by atoms with E-state index < -0.39 is 19.7 Å². The molecule has 6 rings (SSSR count). The molecule has 0 unspecified atom stereocenters. The molecule has 37 heavy (non-hydrogen) atoms. The number of allylic oxidation sites excluding steroid dienone is 3. The number of ether oxygens (including phenoxy) is 1. The Morgan fingerprint density at radius 1 is 0.676 bits per heavy atom. The molecule has 4 aromatic rings. The highest BCUT2D eigenvalue weighted by atomic mass is 32.2. The molecule has 0 fully saturated rings. The van der Waals surface area contributed by atoms with Gasteiger partial charge in [0.1, 0.15) is 5.75 Å². The van der Waals surface area contributed by atoms with Crippen molar-refractivity contribution in [3.8, 4) is 16.2 Å². The number of aryl methyl sites for hydroxylation is 1. The average molecular weight is 547 g/mol. The van der Waals surface area contributed by atoms with E-state index in [4.69, 9.17) is 4.74 Å². The number of thiophene rings is 1. The summed E-state index contributed by atoms with van der Waals surface area (Å²) in [5.74, 6) is 0.736. The average Bonchev–Trinajstić information content (AvgIpc) is 3.45. The molecule has 0 aliphatic carbocycles. The zero-order chi connectivity index (χ0) is 26.1. The van der Waals surface area contributed by atoms with Crippen LogP contribution in [0.25, 0.3) is 26.5 Å². The highest BCUT2D eigenvalue weighted by molar-refractivity contribution is 8.01. The molecule has 0 saturated carbocycles. The maximum Gasteiger partial charge on any atom is 0.208 e. The van der Waals surface area contributed by atoms with Gasteiger partial charge in [-0.1, -0.05) is 36.4 Å². The molecular formula is C29H22O5S3. The fraction of sp³-hybridized carbons (Fsp3) is 0.103. The number of benzene rings is 3. The van der Waals surface area contributed by atoms with Crippen molar-refractivity contribution in [1.82, 2.24) is 0 Å². The van der Waals surface area contributed by atoms with Gasteiger partial charge in [0, 0.05) is 37.6 Å². The molecule has 3 aromatic carbocycles. The van der Waals surface area contributed by atoms with E-state index in [1.807, 2.05) is 37.3 Å². The van der Waals surface area contributed by atoms with Gasteiger partial charge in [-0.25, -0.2) is 16.8 Å². The van der Waals surface area contributed by atoms with E-state index in [0.717, 1.165) is 21.1 Å². The Bertz CT molecular complexity index is 1890. The van der Waals surface area contributed by atoms with Crippen molar-refractivity contribution in [2.45, 2.75) is 23.6 Å². The number of rotatable bonds is 4. The number of hydrogen-bond acceptors (Lipinski definition) is 6. The largest absolute Gasteiger partial charge is 0.497 e.